The Bertz CT molecular complexity index is 1830. The number of carbonyl (C=O) groups excluding carboxylic acids is 3. The first-order valence-electron chi connectivity index (χ1n) is 21.7. The fourth-order valence-electron chi connectivity index (χ4n) is 10.9. The first-order chi connectivity index (χ1) is 28.7. The maximum absolute atomic E-state index is 15.2. The standard InChI is InChI=1S/C45H63Cl2N5O7.ClH/c1-6-29-27-49-17-11-30-23-39(56-2)41(58-4)25-33(30)37(49)21-32(29)22-38-34-26-42(59-5)40(57-3)24-31(34)12-18-52(38)45(55)36-10-8-16-51(36)44(54)35-9-7-15-50(35)43(53)28-48(19-13-46)20-14-47;/h23-26,29,32,35-38H,6-22,27-28H2,1-5H3;1H. The molecule has 3 saturated heterocycles. The van der Waals surface area contributed by atoms with Crippen LogP contribution in [-0.4, -0.2) is 147 Å². The highest BCUT2D eigenvalue weighted by atomic mass is 35.5. The lowest BCUT2D eigenvalue weighted by Crippen LogP contribution is -2.55. The monoisotopic (exact) mass is 891 g/mol. The molecule has 0 saturated carbocycles. The second kappa shape index (κ2) is 20.8. The number of nitrogens with zero attached hydrogens (tertiary/aromatic N) is 5. The molecule has 0 aliphatic carbocycles. The summed E-state index contributed by atoms with van der Waals surface area (Å²) in [7, 11) is 6.70. The molecule has 332 valence electrons. The molecular formula is C45H64Cl3N5O7. The number of likely N-dealkylation sites (tertiary alicyclic amines) is 2. The van der Waals surface area contributed by atoms with E-state index in [9.17, 15) is 9.59 Å². The molecule has 6 atom stereocenters. The highest BCUT2D eigenvalue weighted by Crippen LogP contribution is 2.49. The SMILES string of the molecule is CCC1CN2CCc3cc(OC)c(OC)cc3C2CC1CC1c2cc(OC)c(OC)cc2CCN1C(=O)C1CCCN1C(=O)C1CCCN1C(=O)CN(CCCl)CCCl.Cl. The Morgan fingerprint density at radius 1 is 0.700 bits per heavy atom. The average Bonchev–Trinajstić information content (AvgIpc) is 3.96. The third-order valence-corrected chi connectivity index (χ3v) is 14.3. The van der Waals surface area contributed by atoms with Crippen LogP contribution in [-0.2, 0) is 27.2 Å². The summed E-state index contributed by atoms with van der Waals surface area (Å²) in [6.07, 6.45) is 7.15. The van der Waals surface area contributed by atoms with Crippen LogP contribution in [0.15, 0.2) is 24.3 Å². The van der Waals surface area contributed by atoms with Gasteiger partial charge < -0.3 is 33.6 Å². The average molecular weight is 893 g/mol. The molecule has 0 aromatic heterocycles. The zero-order chi connectivity index (χ0) is 41.8. The molecule has 6 unspecified atom stereocenters. The van der Waals surface area contributed by atoms with Gasteiger partial charge in [0, 0.05) is 63.6 Å². The second-order valence-electron chi connectivity index (χ2n) is 16.9. The van der Waals surface area contributed by atoms with E-state index < -0.39 is 12.1 Å². The van der Waals surface area contributed by atoms with Crippen molar-refractivity contribution in [2.45, 2.75) is 88.9 Å². The van der Waals surface area contributed by atoms with Crippen molar-refractivity contribution in [3.63, 3.8) is 0 Å². The summed E-state index contributed by atoms with van der Waals surface area (Å²) in [6, 6.07) is 7.37. The van der Waals surface area contributed by atoms with Crippen molar-refractivity contribution in [3.8, 4) is 23.0 Å². The molecule has 7 rings (SSSR count). The number of rotatable bonds is 15. The third kappa shape index (κ3) is 9.29. The van der Waals surface area contributed by atoms with E-state index in [1.807, 2.05) is 4.90 Å². The number of ether oxygens (including phenoxy) is 4. The van der Waals surface area contributed by atoms with Crippen LogP contribution in [0.1, 0.15) is 86.2 Å². The number of amides is 3. The Hall–Kier alpha value is -3.16. The summed E-state index contributed by atoms with van der Waals surface area (Å²) in [5, 5.41) is 0. The van der Waals surface area contributed by atoms with Gasteiger partial charge in [-0.1, -0.05) is 13.3 Å². The molecule has 5 heterocycles. The minimum Gasteiger partial charge on any atom is -0.493 e. The molecule has 0 bridgehead atoms. The van der Waals surface area contributed by atoms with Crippen molar-refractivity contribution in [1.29, 1.82) is 0 Å². The molecule has 3 amide bonds. The summed E-state index contributed by atoms with van der Waals surface area (Å²) in [5.41, 5.74) is 4.88. The number of alkyl halides is 2. The summed E-state index contributed by atoms with van der Waals surface area (Å²) >= 11 is 12.0. The molecule has 0 radical (unpaired) electrons. The predicted molar refractivity (Wildman–Crippen MR) is 236 cm³/mol. The zero-order valence-electron chi connectivity index (χ0n) is 36.0. The number of fused-ring (bicyclic) bond motifs is 4. The number of hydrogen-bond acceptors (Lipinski definition) is 9. The quantitative estimate of drug-likeness (QED) is 0.189. The van der Waals surface area contributed by atoms with Crippen molar-refractivity contribution in [2.75, 3.05) is 92.6 Å². The van der Waals surface area contributed by atoms with Crippen LogP contribution in [0.5, 0.6) is 23.0 Å². The lowest BCUT2D eigenvalue weighted by Gasteiger charge is -2.49. The molecule has 2 aromatic carbocycles. The molecule has 0 spiro atoms. The smallest absolute Gasteiger partial charge is 0.246 e. The zero-order valence-corrected chi connectivity index (χ0v) is 38.3. The van der Waals surface area contributed by atoms with Gasteiger partial charge in [0.05, 0.1) is 41.0 Å². The molecule has 3 fully saturated rings. The fraction of sp³-hybridized carbons (Fsp3) is 0.667. The topological polar surface area (TPSA) is 104 Å². The van der Waals surface area contributed by atoms with E-state index in [0.29, 0.717) is 87.1 Å². The van der Waals surface area contributed by atoms with Crippen LogP contribution >= 0.6 is 35.6 Å². The van der Waals surface area contributed by atoms with E-state index >= 15 is 4.79 Å². The Morgan fingerprint density at radius 3 is 1.83 bits per heavy atom. The summed E-state index contributed by atoms with van der Waals surface area (Å²) < 4.78 is 23.1. The molecule has 0 N–H and O–H groups in total. The van der Waals surface area contributed by atoms with Crippen molar-refractivity contribution in [3.05, 3.63) is 46.5 Å². The molecule has 15 heteroatoms. The number of benzene rings is 2. The molecule has 2 aromatic rings. The summed E-state index contributed by atoms with van der Waals surface area (Å²) in [5.74, 6) is 4.21. The van der Waals surface area contributed by atoms with Crippen LogP contribution in [0.2, 0.25) is 0 Å². The van der Waals surface area contributed by atoms with Crippen LogP contribution in [0.4, 0.5) is 0 Å². The number of piperidine rings is 1. The highest BCUT2D eigenvalue weighted by molar-refractivity contribution is 6.18. The largest absolute Gasteiger partial charge is 0.493 e. The normalized spacial score (nSPS) is 25.0. The summed E-state index contributed by atoms with van der Waals surface area (Å²) in [4.78, 5) is 53.5. The Kier molecular flexibility index (Phi) is 16.1. The van der Waals surface area contributed by atoms with Gasteiger partial charge >= 0.3 is 0 Å². The number of carbonyl (C=O) groups is 3. The van der Waals surface area contributed by atoms with Crippen LogP contribution in [0, 0.1) is 11.8 Å². The van der Waals surface area contributed by atoms with Crippen LogP contribution < -0.4 is 18.9 Å². The van der Waals surface area contributed by atoms with E-state index in [1.165, 1.54) is 16.7 Å². The van der Waals surface area contributed by atoms with Crippen LogP contribution in [0.25, 0.3) is 0 Å². The minimum atomic E-state index is -0.579. The molecule has 5 aliphatic rings. The number of halogens is 3. The van der Waals surface area contributed by atoms with Gasteiger partial charge in [0.25, 0.3) is 0 Å². The van der Waals surface area contributed by atoms with E-state index in [2.05, 4.69) is 41.0 Å². The lowest BCUT2D eigenvalue weighted by molar-refractivity contribution is -0.150. The highest BCUT2D eigenvalue weighted by Gasteiger charge is 2.47. The maximum atomic E-state index is 15.2. The van der Waals surface area contributed by atoms with Crippen molar-refractivity contribution in [2.24, 2.45) is 11.8 Å². The van der Waals surface area contributed by atoms with E-state index in [-0.39, 0.29) is 48.8 Å². The van der Waals surface area contributed by atoms with Crippen LogP contribution in [0.3, 0.4) is 0 Å². The van der Waals surface area contributed by atoms with Gasteiger partial charge in [0.15, 0.2) is 23.0 Å². The van der Waals surface area contributed by atoms with Crippen molar-refractivity contribution < 1.29 is 33.3 Å². The number of hydrogen-bond donors (Lipinski definition) is 0. The van der Waals surface area contributed by atoms with Gasteiger partial charge in [-0.15, -0.1) is 35.6 Å². The molecular weight excluding hydrogens is 829 g/mol. The fourth-order valence-corrected chi connectivity index (χ4v) is 11.3. The van der Waals surface area contributed by atoms with Gasteiger partial charge in [0.1, 0.15) is 12.1 Å². The summed E-state index contributed by atoms with van der Waals surface area (Å²) in [6.45, 7) is 7.13. The van der Waals surface area contributed by atoms with Gasteiger partial charge in [-0.25, -0.2) is 0 Å². The van der Waals surface area contributed by atoms with E-state index in [0.717, 1.165) is 68.7 Å². The van der Waals surface area contributed by atoms with Gasteiger partial charge in [0.2, 0.25) is 17.7 Å². The Labute approximate surface area is 372 Å². The van der Waals surface area contributed by atoms with Gasteiger partial charge in [-0.2, -0.15) is 0 Å². The minimum absolute atomic E-state index is 0. The van der Waals surface area contributed by atoms with E-state index in [4.69, 9.17) is 42.1 Å². The maximum Gasteiger partial charge on any atom is 0.246 e. The van der Waals surface area contributed by atoms with Crippen molar-refractivity contribution >= 4 is 53.3 Å². The third-order valence-electron chi connectivity index (χ3n) is 14.0. The first kappa shape index (κ1) is 46.3. The lowest BCUT2D eigenvalue weighted by atomic mass is 9.72. The Morgan fingerprint density at radius 2 is 1.23 bits per heavy atom. The van der Waals surface area contributed by atoms with E-state index in [1.54, 1.807) is 38.2 Å². The van der Waals surface area contributed by atoms with Gasteiger partial charge in [-0.3, -0.25) is 24.2 Å². The molecule has 60 heavy (non-hydrogen) atoms. The molecule has 5 aliphatic heterocycles. The van der Waals surface area contributed by atoms with Gasteiger partial charge in [-0.05, 0) is 110 Å². The predicted octanol–water partition coefficient (Wildman–Crippen LogP) is 6.37. The number of methoxy groups -OCH3 is 4. The molecule has 12 nitrogen and oxygen atoms in total. The second-order valence-corrected chi connectivity index (χ2v) is 17.6. The first-order valence-corrected chi connectivity index (χ1v) is 22.7. The van der Waals surface area contributed by atoms with Crippen molar-refractivity contribution in [1.82, 2.24) is 24.5 Å². The Balaban J connectivity index is 0.00000604.